The molecule has 28 heavy (non-hydrogen) atoms. The molecule has 0 spiro atoms. The molecule has 1 unspecified atom stereocenters. The van der Waals surface area contributed by atoms with Crippen LogP contribution in [0.4, 0.5) is 0 Å². The second-order valence-electron chi connectivity index (χ2n) is 9.49. The number of hydrogen-bond acceptors (Lipinski definition) is 4. The van der Waals surface area contributed by atoms with Crippen LogP contribution in [0.25, 0.3) is 0 Å². The molecule has 1 heterocycles. The van der Waals surface area contributed by atoms with E-state index in [1.807, 2.05) is 30.3 Å². The van der Waals surface area contributed by atoms with Crippen molar-refractivity contribution in [1.82, 2.24) is 0 Å². The van der Waals surface area contributed by atoms with E-state index in [1.54, 1.807) is 7.11 Å². The lowest BCUT2D eigenvalue weighted by Crippen LogP contribution is -2.65. The zero-order valence-electron chi connectivity index (χ0n) is 17.6. The van der Waals surface area contributed by atoms with Crippen molar-refractivity contribution in [1.29, 1.82) is 0 Å². The summed E-state index contributed by atoms with van der Waals surface area (Å²) in [4.78, 5) is 0. The first-order chi connectivity index (χ1) is 13.4. The molecule has 5 rings (SSSR count). The Hall–Kier alpha value is -1.30. The summed E-state index contributed by atoms with van der Waals surface area (Å²) in [6.07, 6.45) is 5.42. The Labute approximate surface area is 169 Å². The molecule has 0 N–H and O–H groups in total. The Bertz CT molecular complexity index is 703. The second kappa shape index (κ2) is 7.51. The fourth-order valence-electron chi connectivity index (χ4n) is 5.58. The summed E-state index contributed by atoms with van der Waals surface area (Å²) in [5.41, 5.74) is 1.37. The number of methoxy groups -OCH3 is 1. The van der Waals surface area contributed by atoms with Crippen LogP contribution in [0.3, 0.4) is 0 Å². The highest BCUT2D eigenvalue weighted by molar-refractivity contribution is 6.45. The average Bonchev–Trinajstić information content (AvgIpc) is 3.03. The molecule has 2 bridgehead atoms. The van der Waals surface area contributed by atoms with Gasteiger partial charge in [0.1, 0.15) is 5.75 Å². The quantitative estimate of drug-likeness (QED) is 0.479. The summed E-state index contributed by atoms with van der Waals surface area (Å²) < 4.78 is 24.0. The molecule has 0 amide bonds. The van der Waals surface area contributed by atoms with E-state index < -0.39 is 0 Å². The summed E-state index contributed by atoms with van der Waals surface area (Å²) >= 11 is 0. The topological polar surface area (TPSA) is 36.9 Å². The third-order valence-corrected chi connectivity index (χ3v) is 7.59. The van der Waals surface area contributed by atoms with Crippen LogP contribution in [0.1, 0.15) is 39.2 Å². The Balaban J connectivity index is 1.28. The van der Waals surface area contributed by atoms with E-state index >= 15 is 0 Å². The van der Waals surface area contributed by atoms with E-state index in [0.717, 1.165) is 30.0 Å². The number of hydrogen-bond donors (Lipinski definition) is 0. The standard InChI is InChI=1S/C23H33BO4/c1-6-16(14-26-15-17-7-9-19(25-5)10-8-17)13-24-27-21-12-18-11-20(22(18,2)3)23(21,4)28-24/h6-10,16,18,20-21H,1,11-15H2,2-5H3/t16-,18+,20+,21?,23+/m0/s1. The fraction of sp³-hybridized carbons (Fsp3) is 0.652. The summed E-state index contributed by atoms with van der Waals surface area (Å²) in [6.45, 7) is 12.3. The van der Waals surface area contributed by atoms with Gasteiger partial charge >= 0.3 is 7.12 Å². The smallest absolute Gasteiger partial charge is 0.458 e. The Morgan fingerprint density at radius 3 is 2.64 bits per heavy atom. The van der Waals surface area contributed by atoms with Gasteiger partial charge in [0.05, 0.1) is 32.0 Å². The van der Waals surface area contributed by atoms with Gasteiger partial charge in [0.2, 0.25) is 0 Å². The van der Waals surface area contributed by atoms with Crippen LogP contribution in [-0.2, 0) is 20.7 Å². The van der Waals surface area contributed by atoms with Crippen molar-refractivity contribution in [3.05, 3.63) is 42.5 Å². The van der Waals surface area contributed by atoms with Gasteiger partial charge in [-0.3, -0.25) is 0 Å². The summed E-state index contributed by atoms with van der Waals surface area (Å²) in [7, 11) is 1.52. The first-order valence-electron chi connectivity index (χ1n) is 10.5. The van der Waals surface area contributed by atoms with Gasteiger partial charge in [-0.1, -0.05) is 32.1 Å². The maximum absolute atomic E-state index is 6.52. The van der Waals surface area contributed by atoms with Crippen molar-refractivity contribution < 1.29 is 18.8 Å². The van der Waals surface area contributed by atoms with Crippen LogP contribution < -0.4 is 4.74 Å². The van der Waals surface area contributed by atoms with E-state index in [0.29, 0.717) is 24.5 Å². The molecular formula is C23H33BO4. The number of rotatable bonds is 8. The van der Waals surface area contributed by atoms with Gasteiger partial charge in [-0.2, -0.15) is 0 Å². The molecule has 1 aromatic carbocycles. The molecular weight excluding hydrogens is 351 g/mol. The van der Waals surface area contributed by atoms with Crippen LogP contribution in [-0.4, -0.2) is 32.5 Å². The summed E-state index contributed by atoms with van der Waals surface area (Å²) in [5.74, 6) is 2.46. The van der Waals surface area contributed by atoms with Crippen LogP contribution >= 0.6 is 0 Å². The molecule has 0 radical (unpaired) electrons. The highest BCUT2D eigenvalue weighted by Crippen LogP contribution is 2.65. The molecule has 1 aromatic rings. The minimum atomic E-state index is -0.155. The lowest BCUT2D eigenvalue weighted by atomic mass is 9.43. The first-order valence-corrected chi connectivity index (χ1v) is 10.5. The summed E-state index contributed by atoms with van der Waals surface area (Å²) in [5, 5.41) is 0. The SMILES string of the molecule is C=C[C@H](COCc1ccc(OC)cc1)CB1OC2C[C@H]3C[C@H](C3(C)C)[C@@]2(C)O1. The fourth-order valence-corrected chi connectivity index (χ4v) is 5.58. The summed E-state index contributed by atoms with van der Waals surface area (Å²) in [6, 6.07) is 7.98. The lowest BCUT2D eigenvalue weighted by molar-refractivity contribution is -0.199. The highest BCUT2D eigenvalue weighted by atomic mass is 16.7. The third kappa shape index (κ3) is 3.42. The molecule has 1 aliphatic heterocycles. The molecule has 3 saturated carbocycles. The van der Waals surface area contributed by atoms with E-state index in [9.17, 15) is 0 Å². The minimum absolute atomic E-state index is 0.140. The zero-order chi connectivity index (χ0) is 19.9. The lowest BCUT2D eigenvalue weighted by Gasteiger charge is -2.64. The van der Waals surface area contributed by atoms with E-state index in [1.165, 1.54) is 6.42 Å². The van der Waals surface area contributed by atoms with Crippen molar-refractivity contribution in [2.24, 2.45) is 23.2 Å². The number of ether oxygens (including phenoxy) is 2. The maximum Gasteiger partial charge on any atom is 0.458 e. The van der Waals surface area contributed by atoms with Crippen molar-refractivity contribution in [2.75, 3.05) is 13.7 Å². The normalized spacial score (nSPS) is 33.7. The molecule has 1 saturated heterocycles. The predicted octanol–water partition coefficient (Wildman–Crippen LogP) is 4.74. The molecule has 5 heteroatoms. The third-order valence-electron chi connectivity index (χ3n) is 7.59. The molecule has 4 fully saturated rings. The van der Waals surface area contributed by atoms with Gasteiger partial charge in [0.15, 0.2) is 0 Å². The second-order valence-corrected chi connectivity index (χ2v) is 9.49. The Morgan fingerprint density at radius 1 is 1.25 bits per heavy atom. The van der Waals surface area contributed by atoms with Gasteiger partial charge in [-0.25, -0.2) is 0 Å². The van der Waals surface area contributed by atoms with Crippen molar-refractivity contribution in [3.63, 3.8) is 0 Å². The van der Waals surface area contributed by atoms with E-state index in [4.69, 9.17) is 18.8 Å². The van der Waals surface area contributed by atoms with Crippen LogP contribution in [0, 0.1) is 23.2 Å². The molecule has 4 nitrogen and oxygen atoms in total. The van der Waals surface area contributed by atoms with Crippen LogP contribution in [0.2, 0.25) is 6.32 Å². The molecule has 4 aliphatic rings. The van der Waals surface area contributed by atoms with Gasteiger partial charge in [0, 0.05) is 0 Å². The van der Waals surface area contributed by atoms with Gasteiger partial charge < -0.3 is 18.8 Å². The van der Waals surface area contributed by atoms with Gasteiger partial charge in [0.25, 0.3) is 0 Å². The van der Waals surface area contributed by atoms with Gasteiger partial charge in [-0.15, -0.1) is 6.58 Å². The van der Waals surface area contributed by atoms with Crippen LogP contribution in [0.15, 0.2) is 36.9 Å². The monoisotopic (exact) mass is 384 g/mol. The number of benzene rings is 1. The first kappa shape index (κ1) is 20.0. The minimum Gasteiger partial charge on any atom is -0.497 e. The predicted molar refractivity (Wildman–Crippen MR) is 111 cm³/mol. The molecule has 152 valence electrons. The van der Waals surface area contributed by atoms with Gasteiger partial charge in [-0.05, 0) is 67.0 Å². The Kier molecular flexibility index (Phi) is 5.36. The largest absolute Gasteiger partial charge is 0.497 e. The maximum atomic E-state index is 6.52. The molecule has 3 aliphatic carbocycles. The van der Waals surface area contributed by atoms with E-state index in [2.05, 4.69) is 27.4 Å². The highest BCUT2D eigenvalue weighted by Gasteiger charge is 2.67. The molecule has 5 atom stereocenters. The van der Waals surface area contributed by atoms with E-state index in [-0.39, 0.29) is 24.7 Å². The zero-order valence-corrected chi connectivity index (χ0v) is 17.6. The Morgan fingerprint density at radius 2 is 2.00 bits per heavy atom. The average molecular weight is 384 g/mol. The van der Waals surface area contributed by atoms with Crippen molar-refractivity contribution in [3.8, 4) is 5.75 Å². The molecule has 0 aromatic heterocycles. The van der Waals surface area contributed by atoms with Crippen molar-refractivity contribution in [2.45, 2.75) is 58.2 Å². The van der Waals surface area contributed by atoms with Crippen molar-refractivity contribution >= 4 is 7.12 Å². The van der Waals surface area contributed by atoms with Crippen LogP contribution in [0.5, 0.6) is 5.75 Å².